The number of carbonyl (C=O) groups excluding carboxylic acids is 2. The van der Waals surface area contributed by atoms with Gasteiger partial charge in [0.05, 0.1) is 10.7 Å². The molecule has 5 nitrogen and oxygen atoms in total. The number of halogens is 2. The predicted molar refractivity (Wildman–Crippen MR) is 88.4 cm³/mol. The monoisotopic (exact) mass is 346 g/mol. The van der Waals surface area contributed by atoms with Crippen LogP contribution in [0.1, 0.15) is 20.3 Å². The van der Waals surface area contributed by atoms with E-state index >= 15 is 0 Å². The first-order valence-electron chi connectivity index (χ1n) is 6.82. The SMILES string of the molecule is COCCCNC(=O)C(C)(C)C(=O)Nc1ccc(Cl)cc1Cl. The molecular weight excluding hydrogens is 327 g/mol. The molecule has 2 amide bonds. The molecule has 1 aromatic carbocycles. The average Bonchev–Trinajstić information content (AvgIpc) is 2.46. The second kappa shape index (κ2) is 8.36. The maximum Gasteiger partial charge on any atom is 0.239 e. The van der Waals surface area contributed by atoms with Crippen LogP contribution in [0.4, 0.5) is 5.69 Å². The van der Waals surface area contributed by atoms with Gasteiger partial charge in [-0.3, -0.25) is 9.59 Å². The van der Waals surface area contributed by atoms with E-state index in [9.17, 15) is 9.59 Å². The zero-order valence-electron chi connectivity index (χ0n) is 12.8. The number of rotatable bonds is 7. The fourth-order valence-corrected chi connectivity index (χ4v) is 2.07. The molecule has 0 heterocycles. The summed E-state index contributed by atoms with van der Waals surface area (Å²) in [5.74, 6) is -0.799. The van der Waals surface area contributed by atoms with Crippen LogP contribution in [0.15, 0.2) is 18.2 Å². The van der Waals surface area contributed by atoms with Crippen molar-refractivity contribution in [2.24, 2.45) is 5.41 Å². The molecule has 122 valence electrons. The van der Waals surface area contributed by atoms with Crippen LogP contribution in [0.3, 0.4) is 0 Å². The van der Waals surface area contributed by atoms with Gasteiger partial charge in [0.2, 0.25) is 11.8 Å². The Kier molecular flexibility index (Phi) is 7.13. The van der Waals surface area contributed by atoms with Gasteiger partial charge in [0, 0.05) is 25.3 Å². The zero-order chi connectivity index (χ0) is 16.8. The second-order valence-electron chi connectivity index (χ2n) is 5.31. The number of methoxy groups -OCH3 is 1. The molecule has 0 aromatic heterocycles. The molecule has 0 bridgehead atoms. The molecule has 1 aromatic rings. The number of carbonyl (C=O) groups is 2. The summed E-state index contributed by atoms with van der Waals surface area (Å²) in [6, 6.07) is 4.73. The average molecular weight is 347 g/mol. The lowest BCUT2D eigenvalue weighted by atomic mass is 9.91. The minimum Gasteiger partial charge on any atom is -0.385 e. The largest absolute Gasteiger partial charge is 0.385 e. The van der Waals surface area contributed by atoms with Crippen molar-refractivity contribution in [2.75, 3.05) is 25.6 Å². The minimum atomic E-state index is -1.23. The number of amides is 2. The Morgan fingerprint density at radius 3 is 2.50 bits per heavy atom. The van der Waals surface area contributed by atoms with Gasteiger partial charge in [0.15, 0.2) is 0 Å². The van der Waals surface area contributed by atoms with Gasteiger partial charge in [-0.15, -0.1) is 0 Å². The van der Waals surface area contributed by atoms with E-state index in [2.05, 4.69) is 10.6 Å². The fourth-order valence-electron chi connectivity index (χ4n) is 1.61. The van der Waals surface area contributed by atoms with Gasteiger partial charge in [0.25, 0.3) is 0 Å². The highest BCUT2D eigenvalue weighted by Crippen LogP contribution is 2.27. The van der Waals surface area contributed by atoms with Gasteiger partial charge in [-0.05, 0) is 38.5 Å². The van der Waals surface area contributed by atoms with Crippen molar-refractivity contribution in [1.82, 2.24) is 5.32 Å². The lowest BCUT2D eigenvalue weighted by Crippen LogP contribution is -2.45. The zero-order valence-corrected chi connectivity index (χ0v) is 14.3. The van der Waals surface area contributed by atoms with Gasteiger partial charge < -0.3 is 15.4 Å². The molecule has 22 heavy (non-hydrogen) atoms. The number of hydrogen-bond acceptors (Lipinski definition) is 3. The summed E-state index contributed by atoms with van der Waals surface area (Å²) in [7, 11) is 1.59. The summed E-state index contributed by atoms with van der Waals surface area (Å²) in [5, 5.41) is 6.15. The highest BCUT2D eigenvalue weighted by molar-refractivity contribution is 6.36. The van der Waals surface area contributed by atoms with Crippen LogP contribution >= 0.6 is 23.2 Å². The van der Waals surface area contributed by atoms with E-state index in [1.165, 1.54) is 6.07 Å². The van der Waals surface area contributed by atoms with Crippen molar-refractivity contribution in [3.05, 3.63) is 28.2 Å². The number of benzene rings is 1. The van der Waals surface area contributed by atoms with Gasteiger partial charge in [0.1, 0.15) is 5.41 Å². The Hall–Kier alpha value is -1.30. The molecule has 0 aliphatic carbocycles. The Morgan fingerprint density at radius 1 is 1.23 bits per heavy atom. The molecule has 0 aliphatic rings. The van der Waals surface area contributed by atoms with E-state index in [1.807, 2.05) is 0 Å². The standard InChI is InChI=1S/C15H20Cl2N2O3/c1-15(2,13(20)18-7-4-8-22-3)14(21)19-12-6-5-10(16)9-11(12)17/h5-6,9H,4,7-8H2,1-3H3,(H,18,20)(H,19,21). The fraction of sp³-hybridized carbons (Fsp3) is 0.467. The topological polar surface area (TPSA) is 67.4 Å². The van der Waals surface area contributed by atoms with Crippen molar-refractivity contribution in [3.8, 4) is 0 Å². The highest BCUT2D eigenvalue weighted by atomic mass is 35.5. The summed E-state index contributed by atoms with van der Waals surface area (Å²) in [6.45, 7) is 4.11. The Balaban J connectivity index is 2.67. The van der Waals surface area contributed by atoms with Gasteiger partial charge >= 0.3 is 0 Å². The van der Waals surface area contributed by atoms with Gasteiger partial charge in [-0.1, -0.05) is 23.2 Å². The van der Waals surface area contributed by atoms with E-state index in [0.717, 1.165) is 0 Å². The van der Waals surface area contributed by atoms with Crippen LogP contribution in [0, 0.1) is 5.41 Å². The van der Waals surface area contributed by atoms with E-state index in [0.29, 0.717) is 35.3 Å². The van der Waals surface area contributed by atoms with Crippen LogP contribution < -0.4 is 10.6 Å². The first-order valence-corrected chi connectivity index (χ1v) is 7.58. The molecule has 0 unspecified atom stereocenters. The van der Waals surface area contributed by atoms with Crippen LogP contribution in [-0.2, 0) is 14.3 Å². The molecule has 2 N–H and O–H groups in total. The third-order valence-corrected chi connectivity index (χ3v) is 3.67. The predicted octanol–water partition coefficient (Wildman–Crippen LogP) is 3.11. The number of hydrogen-bond donors (Lipinski definition) is 2. The van der Waals surface area contributed by atoms with Crippen LogP contribution in [0.5, 0.6) is 0 Å². The van der Waals surface area contributed by atoms with Crippen molar-refractivity contribution in [1.29, 1.82) is 0 Å². The quantitative estimate of drug-likeness (QED) is 0.588. The molecular formula is C15H20Cl2N2O3. The second-order valence-corrected chi connectivity index (χ2v) is 6.15. The summed E-state index contributed by atoms with van der Waals surface area (Å²) in [5.41, 5.74) is -0.813. The molecule has 7 heteroatoms. The number of nitrogens with one attached hydrogen (secondary N) is 2. The van der Waals surface area contributed by atoms with Crippen LogP contribution in [0.25, 0.3) is 0 Å². The molecule has 0 spiro atoms. The van der Waals surface area contributed by atoms with E-state index in [1.54, 1.807) is 33.1 Å². The van der Waals surface area contributed by atoms with Crippen molar-refractivity contribution >= 4 is 40.7 Å². The van der Waals surface area contributed by atoms with Crippen molar-refractivity contribution in [2.45, 2.75) is 20.3 Å². The molecule has 0 saturated carbocycles. The lowest BCUT2D eigenvalue weighted by molar-refractivity contribution is -0.138. The number of ether oxygens (including phenoxy) is 1. The first-order chi connectivity index (χ1) is 10.3. The third kappa shape index (κ3) is 5.16. The first kappa shape index (κ1) is 18.7. The molecule has 1 rings (SSSR count). The van der Waals surface area contributed by atoms with Crippen LogP contribution in [0.2, 0.25) is 10.0 Å². The molecule has 0 atom stereocenters. The Bertz CT molecular complexity index is 548. The van der Waals surface area contributed by atoms with Gasteiger partial charge in [-0.25, -0.2) is 0 Å². The van der Waals surface area contributed by atoms with E-state index in [4.69, 9.17) is 27.9 Å². The molecule has 0 saturated heterocycles. The highest BCUT2D eigenvalue weighted by Gasteiger charge is 2.36. The van der Waals surface area contributed by atoms with Crippen molar-refractivity contribution < 1.29 is 14.3 Å². The van der Waals surface area contributed by atoms with E-state index < -0.39 is 11.3 Å². The maximum atomic E-state index is 12.3. The maximum absolute atomic E-state index is 12.3. The molecule has 0 radical (unpaired) electrons. The molecule has 0 fully saturated rings. The summed E-state index contributed by atoms with van der Waals surface area (Å²) in [6.07, 6.45) is 0.683. The Morgan fingerprint density at radius 2 is 1.91 bits per heavy atom. The smallest absolute Gasteiger partial charge is 0.239 e. The van der Waals surface area contributed by atoms with Crippen LogP contribution in [-0.4, -0.2) is 32.1 Å². The van der Waals surface area contributed by atoms with Gasteiger partial charge in [-0.2, -0.15) is 0 Å². The number of anilines is 1. The lowest BCUT2D eigenvalue weighted by Gasteiger charge is -2.23. The molecule has 0 aliphatic heterocycles. The summed E-state index contributed by atoms with van der Waals surface area (Å²) >= 11 is 11.8. The minimum absolute atomic E-state index is 0.317. The third-order valence-electron chi connectivity index (χ3n) is 3.13. The normalized spacial score (nSPS) is 11.1. The summed E-state index contributed by atoms with van der Waals surface area (Å²) in [4.78, 5) is 24.4. The van der Waals surface area contributed by atoms with E-state index in [-0.39, 0.29) is 5.91 Å². The van der Waals surface area contributed by atoms with Crippen molar-refractivity contribution in [3.63, 3.8) is 0 Å². The Labute approximate surface area is 140 Å². The summed E-state index contributed by atoms with van der Waals surface area (Å²) < 4.78 is 4.90.